The highest BCUT2D eigenvalue weighted by molar-refractivity contribution is 7.89. The van der Waals surface area contributed by atoms with Gasteiger partial charge in [-0.1, -0.05) is 18.2 Å². The molecule has 0 radical (unpaired) electrons. The summed E-state index contributed by atoms with van der Waals surface area (Å²) in [6, 6.07) is 8.20. The molecule has 6 nitrogen and oxygen atoms in total. The maximum atomic E-state index is 13.0. The lowest BCUT2D eigenvalue weighted by Gasteiger charge is -2.35. The van der Waals surface area contributed by atoms with E-state index in [-0.39, 0.29) is 6.04 Å². The topological polar surface area (TPSA) is 64.4 Å². The molecule has 0 unspecified atom stereocenters. The smallest absolute Gasteiger partial charge is 0.243 e. The van der Waals surface area contributed by atoms with E-state index >= 15 is 0 Å². The summed E-state index contributed by atoms with van der Waals surface area (Å²) >= 11 is 0. The van der Waals surface area contributed by atoms with Crippen LogP contribution in [0.5, 0.6) is 0 Å². The predicted molar refractivity (Wildman–Crippen MR) is 86.6 cm³/mol. The van der Waals surface area contributed by atoms with Gasteiger partial charge in [0.2, 0.25) is 10.0 Å². The molecule has 7 heteroatoms. The van der Waals surface area contributed by atoms with Crippen molar-refractivity contribution in [2.24, 2.45) is 7.05 Å². The van der Waals surface area contributed by atoms with E-state index < -0.39 is 10.0 Å². The lowest BCUT2D eigenvalue weighted by Crippen LogP contribution is -2.43. The number of morpholine rings is 1. The predicted octanol–water partition coefficient (Wildman–Crippen LogP) is 1.80. The van der Waals surface area contributed by atoms with E-state index in [1.807, 2.05) is 27.0 Å². The summed E-state index contributed by atoms with van der Waals surface area (Å²) in [5.41, 5.74) is 2.74. The number of benzene rings is 1. The van der Waals surface area contributed by atoms with Crippen LogP contribution in [0.2, 0.25) is 0 Å². The van der Waals surface area contributed by atoms with Crippen molar-refractivity contribution in [3.05, 3.63) is 47.3 Å². The van der Waals surface area contributed by atoms with E-state index in [1.54, 1.807) is 33.3 Å². The van der Waals surface area contributed by atoms with E-state index in [1.165, 1.54) is 0 Å². The Balaban J connectivity index is 2.06. The summed E-state index contributed by atoms with van der Waals surface area (Å²) in [5, 5.41) is 4.41. The van der Waals surface area contributed by atoms with Crippen molar-refractivity contribution in [2.75, 3.05) is 19.8 Å². The molecule has 0 spiro atoms. The summed E-state index contributed by atoms with van der Waals surface area (Å²) in [4.78, 5) is 0.311. The van der Waals surface area contributed by atoms with E-state index in [2.05, 4.69) is 5.10 Å². The zero-order valence-electron chi connectivity index (χ0n) is 13.6. The fourth-order valence-corrected chi connectivity index (χ4v) is 4.69. The molecule has 2 aromatic rings. The molecule has 1 saturated heterocycles. The Morgan fingerprint density at radius 2 is 1.91 bits per heavy atom. The van der Waals surface area contributed by atoms with Crippen LogP contribution < -0.4 is 0 Å². The number of aryl methyl sites for hydroxylation is 2. The van der Waals surface area contributed by atoms with Crippen LogP contribution in [0.3, 0.4) is 0 Å². The monoisotopic (exact) mass is 335 g/mol. The third kappa shape index (κ3) is 2.80. The number of nitrogens with zero attached hydrogens (tertiary/aromatic N) is 3. The number of rotatable bonds is 3. The van der Waals surface area contributed by atoms with Crippen molar-refractivity contribution in [3.8, 4) is 0 Å². The van der Waals surface area contributed by atoms with Gasteiger partial charge < -0.3 is 4.74 Å². The number of ether oxygens (including phenoxy) is 1. The maximum absolute atomic E-state index is 13.0. The van der Waals surface area contributed by atoms with Gasteiger partial charge in [-0.2, -0.15) is 9.40 Å². The van der Waals surface area contributed by atoms with Gasteiger partial charge in [0.15, 0.2) is 0 Å². The molecule has 0 bridgehead atoms. The lowest BCUT2D eigenvalue weighted by atomic mass is 10.0. The second-order valence-electron chi connectivity index (χ2n) is 5.73. The Bertz CT molecular complexity index is 799. The average molecular weight is 335 g/mol. The second kappa shape index (κ2) is 6.07. The Kier molecular flexibility index (Phi) is 4.27. The number of sulfonamides is 1. The molecular weight excluding hydrogens is 314 g/mol. The van der Waals surface area contributed by atoms with E-state index in [0.717, 1.165) is 17.0 Å². The molecule has 0 amide bonds. The molecule has 124 valence electrons. The Morgan fingerprint density at radius 3 is 2.52 bits per heavy atom. The molecule has 1 aliphatic heterocycles. The van der Waals surface area contributed by atoms with Gasteiger partial charge in [-0.3, -0.25) is 4.68 Å². The molecule has 1 fully saturated rings. The lowest BCUT2D eigenvalue weighted by molar-refractivity contribution is 0.0316. The first-order chi connectivity index (χ1) is 10.9. The fraction of sp³-hybridized carbons (Fsp3) is 0.438. The minimum Gasteiger partial charge on any atom is -0.378 e. The highest BCUT2D eigenvalue weighted by Gasteiger charge is 2.37. The van der Waals surface area contributed by atoms with E-state index in [0.29, 0.717) is 24.7 Å². The van der Waals surface area contributed by atoms with Crippen molar-refractivity contribution < 1.29 is 13.2 Å². The van der Waals surface area contributed by atoms with Gasteiger partial charge in [0.1, 0.15) is 0 Å². The van der Waals surface area contributed by atoms with Crippen LogP contribution in [-0.2, 0) is 21.8 Å². The first kappa shape index (κ1) is 16.2. The maximum Gasteiger partial charge on any atom is 0.243 e. The van der Waals surface area contributed by atoms with Crippen molar-refractivity contribution in [1.82, 2.24) is 14.1 Å². The summed E-state index contributed by atoms with van der Waals surface area (Å²) in [5.74, 6) is 0. The van der Waals surface area contributed by atoms with Gasteiger partial charge in [-0.25, -0.2) is 8.42 Å². The molecule has 1 aliphatic rings. The molecule has 0 saturated carbocycles. The molecule has 3 rings (SSSR count). The molecule has 1 atom stereocenters. The average Bonchev–Trinajstić information content (AvgIpc) is 2.81. The summed E-state index contributed by atoms with van der Waals surface area (Å²) in [7, 11) is -1.70. The van der Waals surface area contributed by atoms with Gasteiger partial charge in [0.25, 0.3) is 0 Å². The quantitative estimate of drug-likeness (QED) is 0.858. The van der Waals surface area contributed by atoms with Crippen LogP contribution >= 0.6 is 0 Å². The molecule has 0 aliphatic carbocycles. The zero-order valence-corrected chi connectivity index (χ0v) is 14.4. The van der Waals surface area contributed by atoms with Crippen molar-refractivity contribution in [3.63, 3.8) is 0 Å². The minimum absolute atomic E-state index is 0.311. The van der Waals surface area contributed by atoms with Gasteiger partial charge >= 0.3 is 0 Å². The van der Waals surface area contributed by atoms with Crippen LogP contribution in [0.1, 0.15) is 23.0 Å². The third-order valence-corrected chi connectivity index (χ3v) is 6.25. The summed E-state index contributed by atoms with van der Waals surface area (Å²) in [6.45, 7) is 4.96. The van der Waals surface area contributed by atoms with Crippen molar-refractivity contribution in [2.45, 2.75) is 24.8 Å². The van der Waals surface area contributed by atoms with E-state index in [4.69, 9.17) is 4.74 Å². The van der Waals surface area contributed by atoms with Crippen LogP contribution in [0.25, 0.3) is 0 Å². The zero-order chi connectivity index (χ0) is 16.6. The van der Waals surface area contributed by atoms with E-state index in [9.17, 15) is 8.42 Å². The molecule has 0 N–H and O–H groups in total. The second-order valence-corrected chi connectivity index (χ2v) is 7.62. The van der Waals surface area contributed by atoms with Gasteiger partial charge in [-0.05, 0) is 26.0 Å². The first-order valence-electron chi connectivity index (χ1n) is 7.57. The normalized spacial score (nSPS) is 19.9. The largest absolute Gasteiger partial charge is 0.378 e. The fourth-order valence-electron chi connectivity index (χ4n) is 3.10. The van der Waals surface area contributed by atoms with Crippen molar-refractivity contribution >= 4 is 10.0 Å². The summed E-state index contributed by atoms with van der Waals surface area (Å²) < 4.78 is 35.0. The number of aromatic nitrogens is 2. The highest BCUT2D eigenvalue weighted by atomic mass is 32.2. The Hall–Kier alpha value is -1.70. The molecule has 23 heavy (non-hydrogen) atoms. The first-order valence-corrected chi connectivity index (χ1v) is 9.01. The number of hydrogen-bond acceptors (Lipinski definition) is 4. The standard InChI is InChI=1S/C16H21N3O3S/c1-12-16(13(2)18(3)17-12)15-11-22-10-9-19(15)23(20,21)14-7-5-4-6-8-14/h4-8,15H,9-11H2,1-3H3/t15-/m0/s1. The van der Waals surface area contributed by atoms with Crippen LogP contribution in [0, 0.1) is 13.8 Å². The third-order valence-electron chi connectivity index (χ3n) is 4.33. The summed E-state index contributed by atoms with van der Waals surface area (Å²) in [6.07, 6.45) is 0. The van der Waals surface area contributed by atoms with Crippen LogP contribution in [-0.4, -0.2) is 42.3 Å². The number of hydrogen-bond donors (Lipinski definition) is 0. The highest BCUT2D eigenvalue weighted by Crippen LogP contribution is 2.33. The van der Waals surface area contributed by atoms with Crippen LogP contribution in [0.15, 0.2) is 35.2 Å². The van der Waals surface area contributed by atoms with Crippen LogP contribution in [0.4, 0.5) is 0 Å². The Labute approximate surface area is 136 Å². The van der Waals surface area contributed by atoms with Gasteiger partial charge in [-0.15, -0.1) is 0 Å². The molecule has 1 aromatic carbocycles. The molecule has 1 aromatic heterocycles. The van der Waals surface area contributed by atoms with Gasteiger partial charge in [0.05, 0.1) is 29.8 Å². The van der Waals surface area contributed by atoms with Gasteiger partial charge in [0, 0.05) is 24.8 Å². The SMILES string of the molecule is Cc1nn(C)c(C)c1[C@@H]1COCCN1S(=O)(=O)c1ccccc1. The van der Waals surface area contributed by atoms with Crippen molar-refractivity contribution in [1.29, 1.82) is 0 Å². The Morgan fingerprint density at radius 1 is 1.22 bits per heavy atom. The molecule has 2 heterocycles. The molecular formula is C16H21N3O3S. The minimum atomic E-state index is -3.57.